The number of nitrogens with one attached hydrogen (secondary N) is 1. The van der Waals surface area contributed by atoms with Crippen molar-refractivity contribution in [1.29, 1.82) is 0 Å². The van der Waals surface area contributed by atoms with Gasteiger partial charge in [0.2, 0.25) is 5.95 Å². The van der Waals surface area contributed by atoms with Crippen LogP contribution in [0.1, 0.15) is 6.42 Å². The summed E-state index contributed by atoms with van der Waals surface area (Å²) in [5.41, 5.74) is 0.911. The zero-order valence-electron chi connectivity index (χ0n) is 10.6. The second-order valence-electron chi connectivity index (χ2n) is 3.99. The van der Waals surface area contributed by atoms with E-state index in [1.54, 1.807) is 19.4 Å². The molecule has 0 atom stereocenters. The van der Waals surface area contributed by atoms with Crippen LogP contribution in [0.25, 0.3) is 5.69 Å². The molecule has 102 valence electrons. The summed E-state index contributed by atoms with van der Waals surface area (Å²) in [7, 11) is 1.68. The molecule has 2 rings (SSSR count). The third-order valence-electron chi connectivity index (χ3n) is 2.62. The summed E-state index contributed by atoms with van der Waals surface area (Å²) in [6, 6.07) is 4.70. The highest BCUT2D eigenvalue weighted by Gasteiger charge is 2.08. The van der Waals surface area contributed by atoms with Gasteiger partial charge in [-0.1, -0.05) is 0 Å². The monoisotopic (exact) mass is 375 g/mol. The van der Waals surface area contributed by atoms with Crippen LogP contribution in [0, 0.1) is 9.39 Å². The van der Waals surface area contributed by atoms with Gasteiger partial charge in [0.15, 0.2) is 0 Å². The molecular weight excluding hydrogens is 360 g/mol. The Morgan fingerprint density at radius 1 is 1.47 bits per heavy atom. The van der Waals surface area contributed by atoms with Crippen molar-refractivity contribution in [3.05, 3.63) is 40.0 Å². The first-order valence-electron chi connectivity index (χ1n) is 5.94. The fraction of sp³-hybridized carbons (Fsp3) is 0.308. The van der Waals surface area contributed by atoms with Gasteiger partial charge < -0.3 is 10.1 Å². The molecule has 1 heterocycles. The quantitative estimate of drug-likeness (QED) is 0.623. The van der Waals surface area contributed by atoms with Crippen LogP contribution in [-0.4, -0.2) is 29.8 Å². The number of ether oxygens (including phenoxy) is 1. The Morgan fingerprint density at radius 3 is 3.05 bits per heavy atom. The normalized spacial score (nSPS) is 10.7. The summed E-state index contributed by atoms with van der Waals surface area (Å²) in [5, 5.41) is 3.24. The average molecular weight is 375 g/mol. The van der Waals surface area contributed by atoms with E-state index in [4.69, 9.17) is 4.74 Å². The molecule has 1 aromatic carbocycles. The number of imidazole rings is 1. The topological polar surface area (TPSA) is 39.1 Å². The first-order chi connectivity index (χ1) is 9.22. The van der Waals surface area contributed by atoms with E-state index < -0.39 is 0 Å². The number of nitrogens with zero attached hydrogens (tertiary/aromatic N) is 2. The molecule has 0 fully saturated rings. The molecule has 4 nitrogen and oxygen atoms in total. The van der Waals surface area contributed by atoms with Crippen LogP contribution < -0.4 is 5.32 Å². The highest BCUT2D eigenvalue weighted by Crippen LogP contribution is 2.21. The molecule has 6 heteroatoms. The third-order valence-corrected chi connectivity index (χ3v) is 3.48. The van der Waals surface area contributed by atoms with Crippen molar-refractivity contribution in [2.75, 3.05) is 25.6 Å². The Kier molecular flexibility index (Phi) is 5.15. The minimum atomic E-state index is -0.233. The van der Waals surface area contributed by atoms with Crippen molar-refractivity contribution in [3.8, 4) is 5.69 Å². The van der Waals surface area contributed by atoms with Crippen LogP contribution in [0.3, 0.4) is 0 Å². The van der Waals surface area contributed by atoms with Gasteiger partial charge in [0.05, 0.1) is 5.69 Å². The Balaban J connectivity index is 2.14. The van der Waals surface area contributed by atoms with E-state index in [1.807, 2.05) is 10.8 Å². The maximum atomic E-state index is 13.1. The van der Waals surface area contributed by atoms with Gasteiger partial charge in [-0.2, -0.15) is 0 Å². The van der Waals surface area contributed by atoms with Crippen LogP contribution in [0.4, 0.5) is 10.3 Å². The number of aromatic nitrogens is 2. The number of rotatable bonds is 6. The minimum absolute atomic E-state index is 0.233. The zero-order valence-corrected chi connectivity index (χ0v) is 12.7. The Bertz CT molecular complexity index is 544. The van der Waals surface area contributed by atoms with E-state index in [0.29, 0.717) is 6.61 Å². The van der Waals surface area contributed by atoms with Gasteiger partial charge in [0.25, 0.3) is 0 Å². The maximum Gasteiger partial charge on any atom is 0.207 e. The zero-order chi connectivity index (χ0) is 13.7. The van der Waals surface area contributed by atoms with Crippen molar-refractivity contribution in [1.82, 2.24) is 9.55 Å². The van der Waals surface area contributed by atoms with Crippen LogP contribution in [0.15, 0.2) is 30.6 Å². The lowest BCUT2D eigenvalue weighted by Crippen LogP contribution is -2.10. The molecule has 2 aromatic rings. The van der Waals surface area contributed by atoms with Crippen molar-refractivity contribution in [2.24, 2.45) is 0 Å². The van der Waals surface area contributed by atoms with Gasteiger partial charge in [-0.3, -0.25) is 4.57 Å². The lowest BCUT2D eigenvalue weighted by atomic mass is 10.3. The summed E-state index contributed by atoms with van der Waals surface area (Å²) in [6.45, 7) is 1.49. The summed E-state index contributed by atoms with van der Waals surface area (Å²) in [6.07, 6.45) is 4.48. The highest BCUT2D eigenvalue weighted by molar-refractivity contribution is 14.1. The van der Waals surface area contributed by atoms with Gasteiger partial charge in [0, 0.05) is 36.2 Å². The maximum absolute atomic E-state index is 13.1. The smallest absolute Gasteiger partial charge is 0.207 e. The SMILES string of the molecule is COCCCNc1nccn1-c1ccc(F)cc1I. The van der Waals surface area contributed by atoms with Gasteiger partial charge in [-0.15, -0.1) is 0 Å². The number of hydrogen-bond acceptors (Lipinski definition) is 3. The lowest BCUT2D eigenvalue weighted by Gasteiger charge is -2.11. The molecular formula is C13H15FIN3O. The van der Waals surface area contributed by atoms with Gasteiger partial charge in [-0.25, -0.2) is 9.37 Å². The number of benzene rings is 1. The number of hydrogen-bond donors (Lipinski definition) is 1. The largest absolute Gasteiger partial charge is 0.385 e. The molecule has 0 unspecified atom stereocenters. The Morgan fingerprint density at radius 2 is 2.32 bits per heavy atom. The van der Waals surface area contributed by atoms with Gasteiger partial charge in [-0.05, 0) is 47.2 Å². The Hall–Kier alpha value is -1.15. The minimum Gasteiger partial charge on any atom is -0.385 e. The fourth-order valence-corrected chi connectivity index (χ4v) is 2.46. The van der Waals surface area contributed by atoms with Crippen LogP contribution >= 0.6 is 22.6 Å². The van der Waals surface area contributed by atoms with Crippen molar-refractivity contribution in [2.45, 2.75) is 6.42 Å². The molecule has 0 saturated heterocycles. The second-order valence-corrected chi connectivity index (χ2v) is 5.15. The van der Waals surface area contributed by atoms with E-state index in [9.17, 15) is 4.39 Å². The van der Waals surface area contributed by atoms with E-state index in [2.05, 4.69) is 32.9 Å². The predicted molar refractivity (Wildman–Crippen MR) is 81.2 cm³/mol. The standard InChI is InChI=1S/C13H15FIN3O/c1-19-8-2-5-16-13-17-6-7-18(13)12-4-3-10(14)9-11(12)15/h3-4,6-7,9H,2,5,8H2,1H3,(H,16,17). The molecule has 1 N–H and O–H groups in total. The molecule has 0 bridgehead atoms. The number of halogens is 2. The highest BCUT2D eigenvalue weighted by atomic mass is 127. The number of anilines is 1. The molecule has 0 amide bonds. The van der Waals surface area contributed by atoms with E-state index >= 15 is 0 Å². The average Bonchev–Trinajstić information content (AvgIpc) is 2.83. The second kappa shape index (κ2) is 6.85. The number of methoxy groups -OCH3 is 1. The molecule has 0 aliphatic heterocycles. The molecule has 0 saturated carbocycles. The van der Waals surface area contributed by atoms with Crippen LogP contribution in [0.2, 0.25) is 0 Å². The van der Waals surface area contributed by atoms with Gasteiger partial charge in [0.1, 0.15) is 5.82 Å². The van der Waals surface area contributed by atoms with Crippen LogP contribution in [0.5, 0.6) is 0 Å². The van der Waals surface area contributed by atoms with Gasteiger partial charge >= 0.3 is 0 Å². The first-order valence-corrected chi connectivity index (χ1v) is 7.02. The summed E-state index contributed by atoms with van der Waals surface area (Å²) in [5.74, 6) is 0.517. The van der Waals surface area contributed by atoms with Crippen molar-refractivity contribution < 1.29 is 9.13 Å². The van der Waals surface area contributed by atoms with E-state index in [0.717, 1.165) is 28.2 Å². The fourth-order valence-electron chi connectivity index (χ4n) is 1.72. The van der Waals surface area contributed by atoms with E-state index in [1.165, 1.54) is 12.1 Å². The first kappa shape index (κ1) is 14.3. The Labute approximate surface area is 125 Å². The summed E-state index contributed by atoms with van der Waals surface area (Å²) in [4.78, 5) is 4.27. The van der Waals surface area contributed by atoms with Crippen molar-refractivity contribution in [3.63, 3.8) is 0 Å². The third kappa shape index (κ3) is 3.66. The summed E-state index contributed by atoms with van der Waals surface area (Å²) < 4.78 is 20.9. The molecule has 19 heavy (non-hydrogen) atoms. The molecule has 0 spiro atoms. The molecule has 0 aliphatic rings. The van der Waals surface area contributed by atoms with Crippen molar-refractivity contribution >= 4 is 28.5 Å². The van der Waals surface area contributed by atoms with Crippen LogP contribution in [-0.2, 0) is 4.74 Å². The molecule has 0 aliphatic carbocycles. The predicted octanol–water partition coefficient (Wildman–Crippen LogP) is 3.06. The summed E-state index contributed by atoms with van der Waals surface area (Å²) >= 11 is 2.12. The van der Waals surface area contributed by atoms with E-state index in [-0.39, 0.29) is 5.82 Å². The molecule has 0 radical (unpaired) electrons. The lowest BCUT2D eigenvalue weighted by molar-refractivity contribution is 0.197. The molecule has 1 aromatic heterocycles.